The maximum absolute atomic E-state index is 13.9. The van der Waals surface area contributed by atoms with Crippen LogP contribution in [0.1, 0.15) is 97.3 Å². The molecule has 5 heteroatoms. The van der Waals surface area contributed by atoms with Crippen LogP contribution in [0.15, 0.2) is 48.5 Å². The monoisotopic (exact) mass is 526 g/mol. The molecule has 2 aromatic carbocycles. The van der Waals surface area contributed by atoms with Crippen molar-refractivity contribution >= 4 is 5.97 Å². The molecule has 0 unspecified atom stereocenters. The second kappa shape index (κ2) is 17.1. The van der Waals surface area contributed by atoms with Gasteiger partial charge < -0.3 is 14.2 Å². The van der Waals surface area contributed by atoms with E-state index < -0.39 is 12.1 Å². The van der Waals surface area contributed by atoms with E-state index in [0.717, 1.165) is 67.8 Å². The van der Waals surface area contributed by atoms with E-state index in [4.69, 9.17) is 14.2 Å². The number of esters is 1. The summed E-state index contributed by atoms with van der Waals surface area (Å²) in [7, 11) is 0. The predicted octanol–water partition coefficient (Wildman–Crippen LogP) is 9.10. The van der Waals surface area contributed by atoms with Gasteiger partial charge in [0.2, 0.25) is 0 Å². The van der Waals surface area contributed by atoms with Gasteiger partial charge in [0.1, 0.15) is 17.6 Å². The molecule has 0 bridgehead atoms. The Labute approximate surface area is 229 Å². The van der Waals surface area contributed by atoms with Crippen LogP contribution in [-0.4, -0.2) is 31.5 Å². The minimum Gasteiger partial charge on any atom is -0.494 e. The van der Waals surface area contributed by atoms with Gasteiger partial charge in [0, 0.05) is 0 Å². The average molecular weight is 527 g/mol. The summed E-state index contributed by atoms with van der Waals surface area (Å²) >= 11 is 0. The summed E-state index contributed by atoms with van der Waals surface area (Å²) in [6.07, 6.45) is 11.2. The third-order valence-corrected chi connectivity index (χ3v) is 7.44. The number of hydrogen-bond donors (Lipinski definition) is 0. The number of unbranched alkanes of at least 4 members (excludes halogenated alkanes) is 6. The van der Waals surface area contributed by atoms with E-state index in [1.54, 1.807) is 0 Å². The third kappa shape index (κ3) is 10.7. The summed E-state index contributed by atoms with van der Waals surface area (Å²) in [6.45, 7) is 5.66. The number of rotatable bonds is 17. The lowest BCUT2D eigenvalue weighted by molar-refractivity contribution is -0.157. The Morgan fingerprint density at radius 3 is 1.92 bits per heavy atom. The van der Waals surface area contributed by atoms with Gasteiger partial charge in [-0.05, 0) is 79.8 Å². The summed E-state index contributed by atoms with van der Waals surface area (Å²) in [4.78, 5) is 11.9. The molecule has 0 saturated heterocycles. The molecule has 0 N–H and O–H groups in total. The van der Waals surface area contributed by atoms with Gasteiger partial charge in [-0.15, -0.1) is 0 Å². The van der Waals surface area contributed by atoms with Gasteiger partial charge in [0.25, 0.3) is 0 Å². The van der Waals surface area contributed by atoms with Gasteiger partial charge in [-0.25, -0.2) is 9.18 Å². The zero-order valence-corrected chi connectivity index (χ0v) is 23.5. The topological polar surface area (TPSA) is 44.8 Å². The Balaban J connectivity index is 1.33. The van der Waals surface area contributed by atoms with E-state index in [0.29, 0.717) is 18.9 Å². The first-order valence-electron chi connectivity index (χ1n) is 14.9. The molecule has 38 heavy (non-hydrogen) atoms. The molecule has 0 spiro atoms. The number of hydrogen-bond acceptors (Lipinski definition) is 4. The Hall–Kier alpha value is -2.56. The Kier molecular flexibility index (Phi) is 13.5. The summed E-state index contributed by atoms with van der Waals surface area (Å²) in [5.74, 6) is 1.52. The van der Waals surface area contributed by atoms with Gasteiger partial charge in [-0.1, -0.05) is 83.1 Å². The van der Waals surface area contributed by atoms with Crippen molar-refractivity contribution in [3.63, 3.8) is 0 Å². The zero-order chi connectivity index (χ0) is 27.0. The molecule has 0 heterocycles. The fraction of sp³-hybridized carbons (Fsp3) is 0.606. The first-order valence-corrected chi connectivity index (χ1v) is 14.9. The predicted molar refractivity (Wildman–Crippen MR) is 153 cm³/mol. The Morgan fingerprint density at radius 2 is 1.32 bits per heavy atom. The minimum absolute atomic E-state index is 0.162. The molecular weight excluding hydrogens is 479 g/mol. The molecule has 0 radical (unpaired) electrons. The van der Waals surface area contributed by atoms with Crippen LogP contribution in [0.2, 0.25) is 0 Å². The maximum Gasteiger partial charge on any atom is 0.340 e. The molecule has 210 valence electrons. The standard InChI is InChI=1S/C33H47FO4/c1-3-5-7-8-9-10-24-36-29-20-14-27(15-21-29)28-16-22-30(23-17-28)37-25-26-12-18-31(19-13-26)38-33(35)32(34)11-6-4-2/h14-17,20-23,26,31-32H,3-13,18-19,24-25H2,1-2H3/t26?,31?,32-/m0/s1. The second-order valence-electron chi connectivity index (χ2n) is 10.7. The molecule has 0 aliphatic heterocycles. The molecule has 4 nitrogen and oxygen atoms in total. The average Bonchev–Trinajstić information content (AvgIpc) is 2.95. The van der Waals surface area contributed by atoms with Gasteiger partial charge in [-0.3, -0.25) is 0 Å². The van der Waals surface area contributed by atoms with E-state index in [1.165, 1.54) is 32.1 Å². The fourth-order valence-electron chi connectivity index (χ4n) is 4.93. The van der Waals surface area contributed by atoms with Crippen molar-refractivity contribution < 1.29 is 23.4 Å². The highest BCUT2D eigenvalue weighted by Gasteiger charge is 2.27. The van der Waals surface area contributed by atoms with Crippen LogP contribution in [0, 0.1) is 5.92 Å². The van der Waals surface area contributed by atoms with Crippen LogP contribution in [-0.2, 0) is 9.53 Å². The van der Waals surface area contributed by atoms with Crippen molar-refractivity contribution in [1.82, 2.24) is 0 Å². The van der Waals surface area contributed by atoms with Crippen LogP contribution in [0.5, 0.6) is 11.5 Å². The molecule has 0 amide bonds. The van der Waals surface area contributed by atoms with Crippen molar-refractivity contribution in [3.8, 4) is 22.6 Å². The van der Waals surface area contributed by atoms with Crippen molar-refractivity contribution in [2.75, 3.05) is 13.2 Å². The highest BCUT2D eigenvalue weighted by Crippen LogP contribution is 2.29. The summed E-state index contributed by atoms with van der Waals surface area (Å²) in [5, 5.41) is 0. The summed E-state index contributed by atoms with van der Waals surface area (Å²) < 4.78 is 31.2. The second-order valence-corrected chi connectivity index (χ2v) is 10.7. The highest BCUT2D eigenvalue weighted by atomic mass is 19.1. The largest absolute Gasteiger partial charge is 0.494 e. The van der Waals surface area contributed by atoms with Crippen LogP contribution >= 0.6 is 0 Å². The first kappa shape index (κ1) is 30.0. The quantitative estimate of drug-likeness (QED) is 0.152. The molecular formula is C33H47FO4. The normalized spacial score (nSPS) is 18.1. The summed E-state index contributed by atoms with van der Waals surface area (Å²) in [6, 6.07) is 16.5. The SMILES string of the molecule is CCCCCCCCOc1ccc(-c2ccc(OCC3CCC(OC(=O)[C@@H](F)CCCC)CC3)cc2)cc1. The van der Waals surface area contributed by atoms with E-state index >= 15 is 0 Å². The molecule has 1 aliphatic rings. The molecule has 1 saturated carbocycles. The third-order valence-electron chi connectivity index (χ3n) is 7.44. The number of ether oxygens (including phenoxy) is 3. The van der Waals surface area contributed by atoms with Crippen LogP contribution in [0.4, 0.5) is 4.39 Å². The first-order chi connectivity index (χ1) is 18.6. The molecule has 3 rings (SSSR count). The molecule has 0 aromatic heterocycles. The van der Waals surface area contributed by atoms with Crippen LogP contribution < -0.4 is 9.47 Å². The van der Waals surface area contributed by atoms with Crippen molar-refractivity contribution in [3.05, 3.63) is 48.5 Å². The number of carbonyl (C=O) groups is 1. The summed E-state index contributed by atoms with van der Waals surface area (Å²) in [5.41, 5.74) is 2.30. The van der Waals surface area contributed by atoms with Crippen molar-refractivity contribution in [2.45, 2.75) is 110 Å². The number of halogens is 1. The Bertz CT molecular complexity index is 904. The molecule has 1 aliphatic carbocycles. The van der Waals surface area contributed by atoms with Gasteiger partial charge in [0.15, 0.2) is 6.17 Å². The lowest BCUT2D eigenvalue weighted by Crippen LogP contribution is -2.30. The fourth-order valence-corrected chi connectivity index (χ4v) is 4.93. The number of benzene rings is 2. The van der Waals surface area contributed by atoms with Crippen molar-refractivity contribution in [2.24, 2.45) is 5.92 Å². The zero-order valence-electron chi connectivity index (χ0n) is 23.5. The molecule has 2 aromatic rings. The molecule has 1 atom stereocenters. The van der Waals surface area contributed by atoms with Gasteiger partial charge in [0.05, 0.1) is 13.2 Å². The maximum atomic E-state index is 13.9. The van der Waals surface area contributed by atoms with E-state index in [-0.39, 0.29) is 12.5 Å². The van der Waals surface area contributed by atoms with Gasteiger partial charge in [-0.2, -0.15) is 0 Å². The van der Waals surface area contributed by atoms with Crippen LogP contribution in [0.25, 0.3) is 11.1 Å². The molecule has 1 fully saturated rings. The highest BCUT2D eigenvalue weighted by molar-refractivity contribution is 5.74. The van der Waals surface area contributed by atoms with E-state index in [2.05, 4.69) is 31.2 Å². The number of alkyl halides is 1. The van der Waals surface area contributed by atoms with E-state index in [9.17, 15) is 9.18 Å². The smallest absolute Gasteiger partial charge is 0.340 e. The lowest BCUT2D eigenvalue weighted by atomic mass is 9.88. The minimum atomic E-state index is -1.49. The Morgan fingerprint density at radius 1 is 0.763 bits per heavy atom. The lowest BCUT2D eigenvalue weighted by Gasteiger charge is -2.28. The van der Waals surface area contributed by atoms with Gasteiger partial charge >= 0.3 is 5.97 Å². The van der Waals surface area contributed by atoms with Crippen molar-refractivity contribution in [1.29, 1.82) is 0 Å². The van der Waals surface area contributed by atoms with E-state index in [1.807, 2.05) is 31.2 Å². The number of carbonyl (C=O) groups excluding carboxylic acids is 1. The van der Waals surface area contributed by atoms with Crippen LogP contribution in [0.3, 0.4) is 0 Å².